The third-order valence-corrected chi connectivity index (χ3v) is 7.49. The second kappa shape index (κ2) is 9.29. The standard InChI is InChI=1S/C31H37NO2/c1-8-10-15-32-21(7)27(24-17-22(9-2)13-14-25(24)32)29-30(33)28(31(29)34)26(18(3)4)23-16-19(5)11-12-20(23)6/h11-14,16-17,26,28,33H,3,8-10,15H2,1-2,4-7H3. The Morgan fingerprint density at radius 3 is 2.47 bits per heavy atom. The summed E-state index contributed by atoms with van der Waals surface area (Å²) < 4.78 is 2.31. The van der Waals surface area contributed by atoms with Gasteiger partial charge in [-0.2, -0.15) is 0 Å². The second-order valence-electron chi connectivity index (χ2n) is 9.96. The molecule has 4 rings (SSSR count). The third-order valence-electron chi connectivity index (χ3n) is 7.49. The fraction of sp³-hybridized carbons (Fsp3) is 0.387. The zero-order chi connectivity index (χ0) is 24.7. The first-order valence-corrected chi connectivity index (χ1v) is 12.5. The predicted octanol–water partition coefficient (Wildman–Crippen LogP) is 7.76. The fourth-order valence-electron chi connectivity index (χ4n) is 5.54. The number of hydrogen-bond acceptors (Lipinski definition) is 2. The molecule has 3 heteroatoms. The van der Waals surface area contributed by atoms with Gasteiger partial charge in [0.2, 0.25) is 0 Å². The van der Waals surface area contributed by atoms with E-state index in [4.69, 9.17) is 0 Å². The Hall–Kier alpha value is -3.07. The van der Waals surface area contributed by atoms with Crippen LogP contribution in [0.1, 0.15) is 73.0 Å². The summed E-state index contributed by atoms with van der Waals surface area (Å²) in [5.74, 6) is -0.573. The highest BCUT2D eigenvalue weighted by Gasteiger charge is 2.47. The van der Waals surface area contributed by atoms with Gasteiger partial charge in [-0.1, -0.05) is 62.2 Å². The molecule has 0 fully saturated rings. The minimum atomic E-state index is -0.573. The van der Waals surface area contributed by atoms with Crippen molar-refractivity contribution in [2.45, 2.75) is 73.3 Å². The molecule has 0 saturated heterocycles. The summed E-state index contributed by atoms with van der Waals surface area (Å²) >= 11 is 0. The lowest BCUT2D eigenvalue weighted by Crippen LogP contribution is -2.36. The molecule has 2 unspecified atom stereocenters. The Bertz CT molecular complexity index is 1320. The topological polar surface area (TPSA) is 42.2 Å². The van der Waals surface area contributed by atoms with Gasteiger partial charge in [-0.3, -0.25) is 4.79 Å². The molecule has 2 aromatic carbocycles. The van der Waals surface area contributed by atoms with Gasteiger partial charge in [-0.05, 0) is 69.4 Å². The van der Waals surface area contributed by atoms with Gasteiger partial charge in [0.15, 0.2) is 5.78 Å². The number of benzene rings is 2. The maximum absolute atomic E-state index is 13.8. The highest BCUT2D eigenvalue weighted by Crippen LogP contribution is 2.50. The Labute approximate surface area is 203 Å². The van der Waals surface area contributed by atoms with Crippen molar-refractivity contribution in [2.75, 3.05) is 0 Å². The van der Waals surface area contributed by atoms with Crippen molar-refractivity contribution in [3.05, 3.63) is 87.8 Å². The SMILES string of the molecule is C=C(C)C(c1cc(C)ccc1C)C1C(=O)C(c2c(C)n(CCCC)c3ccc(CC)cc23)=C1O. The van der Waals surface area contributed by atoms with Gasteiger partial charge in [0.05, 0.1) is 11.5 Å². The third kappa shape index (κ3) is 3.81. The molecule has 3 aromatic rings. The molecule has 1 aliphatic carbocycles. The zero-order valence-electron chi connectivity index (χ0n) is 21.5. The molecule has 34 heavy (non-hydrogen) atoms. The number of nitrogens with zero attached hydrogens (tertiary/aromatic N) is 1. The summed E-state index contributed by atoms with van der Waals surface area (Å²) in [4.78, 5) is 13.8. The van der Waals surface area contributed by atoms with Crippen LogP contribution in [0.25, 0.3) is 16.5 Å². The van der Waals surface area contributed by atoms with Crippen molar-refractivity contribution in [1.29, 1.82) is 0 Å². The normalized spacial score (nSPS) is 16.8. The van der Waals surface area contributed by atoms with Crippen LogP contribution in [0.2, 0.25) is 0 Å². The molecule has 1 N–H and O–H groups in total. The van der Waals surface area contributed by atoms with Crippen LogP contribution in [0.15, 0.2) is 54.3 Å². The van der Waals surface area contributed by atoms with Crippen LogP contribution in [0.5, 0.6) is 0 Å². The molecule has 0 bridgehead atoms. The van der Waals surface area contributed by atoms with E-state index in [1.54, 1.807) is 0 Å². The van der Waals surface area contributed by atoms with E-state index in [9.17, 15) is 9.90 Å². The number of ketones is 1. The highest BCUT2D eigenvalue weighted by atomic mass is 16.3. The smallest absolute Gasteiger partial charge is 0.178 e. The number of unbranched alkanes of at least 4 members (excludes halogenated alkanes) is 1. The molecule has 0 saturated carbocycles. The van der Waals surface area contributed by atoms with Crippen LogP contribution in [0, 0.1) is 26.7 Å². The minimum Gasteiger partial charge on any atom is -0.511 e. The van der Waals surface area contributed by atoms with Gasteiger partial charge in [0.1, 0.15) is 5.76 Å². The van der Waals surface area contributed by atoms with Gasteiger partial charge in [0.25, 0.3) is 0 Å². The summed E-state index contributed by atoms with van der Waals surface area (Å²) in [6.07, 6.45) is 3.11. The number of Topliss-reactive ketones (excluding diaryl/α,β-unsaturated/α-hetero) is 1. The Morgan fingerprint density at radius 1 is 1.12 bits per heavy atom. The molecule has 0 spiro atoms. The summed E-state index contributed by atoms with van der Waals surface area (Å²) in [5, 5.41) is 12.5. The van der Waals surface area contributed by atoms with Crippen molar-refractivity contribution in [1.82, 2.24) is 4.57 Å². The lowest BCUT2D eigenvalue weighted by molar-refractivity contribution is -0.119. The van der Waals surface area contributed by atoms with E-state index in [1.165, 1.54) is 5.56 Å². The van der Waals surface area contributed by atoms with Crippen LogP contribution in [-0.4, -0.2) is 15.5 Å². The summed E-state index contributed by atoms with van der Waals surface area (Å²) in [5.41, 5.74) is 9.06. The Morgan fingerprint density at radius 2 is 1.85 bits per heavy atom. The molecule has 0 aliphatic heterocycles. The van der Waals surface area contributed by atoms with Crippen LogP contribution >= 0.6 is 0 Å². The van der Waals surface area contributed by atoms with E-state index >= 15 is 0 Å². The number of fused-ring (bicyclic) bond motifs is 1. The number of aliphatic hydroxyl groups is 1. The van der Waals surface area contributed by atoms with Crippen molar-refractivity contribution in [3.63, 3.8) is 0 Å². The highest BCUT2D eigenvalue weighted by molar-refractivity contribution is 6.32. The van der Waals surface area contributed by atoms with Gasteiger partial charge in [-0.15, -0.1) is 0 Å². The number of hydrogen-bond donors (Lipinski definition) is 1. The Kier molecular flexibility index (Phi) is 6.58. The molecular formula is C31H37NO2. The largest absolute Gasteiger partial charge is 0.511 e. The number of carbonyl (C=O) groups is 1. The second-order valence-corrected chi connectivity index (χ2v) is 9.96. The van der Waals surface area contributed by atoms with Crippen molar-refractivity contribution >= 4 is 22.3 Å². The minimum absolute atomic E-state index is 0.0194. The average molecular weight is 456 g/mol. The number of carbonyl (C=O) groups excluding carboxylic acids is 1. The summed E-state index contributed by atoms with van der Waals surface area (Å²) in [6, 6.07) is 12.8. The van der Waals surface area contributed by atoms with E-state index in [1.807, 2.05) is 6.92 Å². The van der Waals surface area contributed by atoms with Gasteiger partial charge >= 0.3 is 0 Å². The Balaban J connectivity index is 1.89. The number of aryl methyl sites for hydroxylation is 4. The predicted molar refractivity (Wildman–Crippen MR) is 142 cm³/mol. The van der Waals surface area contributed by atoms with Gasteiger partial charge < -0.3 is 9.67 Å². The monoisotopic (exact) mass is 455 g/mol. The molecule has 1 aliphatic rings. The average Bonchev–Trinajstić information content (AvgIpc) is 3.07. The molecule has 3 nitrogen and oxygen atoms in total. The first kappa shape index (κ1) is 24.1. The van der Waals surface area contributed by atoms with Crippen molar-refractivity contribution < 1.29 is 9.90 Å². The van der Waals surface area contributed by atoms with Gasteiger partial charge in [-0.25, -0.2) is 0 Å². The van der Waals surface area contributed by atoms with Crippen LogP contribution < -0.4 is 0 Å². The fourth-order valence-corrected chi connectivity index (χ4v) is 5.54. The zero-order valence-corrected chi connectivity index (χ0v) is 21.5. The van der Waals surface area contributed by atoms with Gasteiger partial charge in [0, 0.05) is 34.6 Å². The molecule has 2 atom stereocenters. The molecule has 1 heterocycles. The molecule has 0 amide bonds. The maximum Gasteiger partial charge on any atom is 0.178 e. The van der Waals surface area contributed by atoms with Crippen LogP contribution in [0.3, 0.4) is 0 Å². The maximum atomic E-state index is 13.8. The van der Waals surface area contributed by atoms with Crippen LogP contribution in [-0.2, 0) is 17.8 Å². The molecule has 178 valence electrons. The van der Waals surface area contributed by atoms with E-state index in [-0.39, 0.29) is 17.5 Å². The molecular weight excluding hydrogens is 418 g/mol. The van der Waals surface area contributed by atoms with E-state index in [0.717, 1.165) is 70.2 Å². The quantitative estimate of drug-likeness (QED) is 0.353. The lowest BCUT2D eigenvalue weighted by Gasteiger charge is -2.36. The van der Waals surface area contributed by atoms with E-state index < -0.39 is 5.92 Å². The first-order valence-electron chi connectivity index (χ1n) is 12.5. The first-order chi connectivity index (χ1) is 16.2. The molecule has 0 radical (unpaired) electrons. The number of aliphatic hydroxyl groups excluding tert-OH is 1. The summed E-state index contributed by atoms with van der Waals surface area (Å²) in [7, 11) is 0. The number of allylic oxidation sites excluding steroid dienone is 3. The van der Waals surface area contributed by atoms with Crippen molar-refractivity contribution in [3.8, 4) is 0 Å². The van der Waals surface area contributed by atoms with E-state index in [2.05, 4.69) is 82.2 Å². The number of rotatable bonds is 8. The number of aromatic nitrogens is 1. The van der Waals surface area contributed by atoms with E-state index in [0.29, 0.717) is 5.57 Å². The van der Waals surface area contributed by atoms with Crippen molar-refractivity contribution in [2.24, 2.45) is 5.92 Å². The summed E-state index contributed by atoms with van der Waals surface area (Å²) in [6.45, 7) is 17.6. The van der Waals surface area contributed by atoms with Crippen LogP contribution in [0.4, 0.5) is 0 Å². The molecule has 1 aromatic heterocycles. The lowest BCUT2D eigenvalue weighted by atomic mass is 9.67.